The Balaban J connectivity index is 3.50. The smallest absolute Gasteiger partial charge is 0.256 e. The van der Waals surface area contributed by atoms with Crippen molar-refractivity contribution in [2.24, 2.45) is 0 Å². The molecule has 0 unspecified atom stereocenters. The molecule has 0 radical (unpaired) electrons. The minimum atomic E-state index is -2.15. The minimum absolute atomic E-state index is 0.0807. The van der Waals surface area contributed by atoms with Gasteiger partial charge in [-0.25, -0.2) is 8.78 Å². The summed E-state index contributed by atoms with van der Waals surface area (Å²) in [6.45, 7) is 10.3. The molecular weight excluding hydrogens is 264 g/mol. The van der Waals surface area contributed by atoms with Gasteiger partial charge in [-0.2, -0.15) is 0 Å². The van der Waals surface area contributed by atoms with Crippen LogP contribution in [0.25, 0.3) is 0 Å². The Morgan fingerprint density at radius 2 is 1.58 bits per heavy atom. The lowest BCUT2D eigenvalue weighted by atomic mass is 10.1. The lowest BCUT2D eigenvalue weighted by Gasteiger charge is -2.25. The average Bonchev–Trinajstić information content (AvgIpc) is 2.31. The molecule has 19 heavy (non-hydrogen) atoms. The summed E-state index contributed by atoms with van der Waals surface area (Å²) in [5.41, 5.74) is -0.0807. The van der Waals surface area contributed by atoms with Crippen molar-refractivity contribution in [3.8, 4) is 0 Å². The van der Waals surface area contributed by atoms with Crippen molar-refractivity contribution in [3.63, 3.8) is 0 Å². The highest BCUT2D eigenvalue weighted by Gasteiger charge is 2.31. The van der Waals surface area contributed by atoms with E-state index in [2.05, 4.69) is 0 Å². The molecule has 1 aromatic rings. The molecule has 0 saturated heterocycles. The lowest BCUT2D eigenvalue weighted by molar-refractivity contribution is 0.0769. The largest absolute Gasteiger partial charge is 0.339 e. The third-order valence-corrected chi connectivity index (χ3v) is 5.11. The van der Waals surface area contributed by atoms with Crippen LogP contribution in [0.3, 0.4) is 0 Å². The summed E-state index contributed by atoms with van der Waals surface area (Å²) in [6.07, 6.45) is 0. The monoisotopic (exact) mass is 285 g/mol. The SMILES string of the molecule is CCN(CC)C(=O)c1c(F)ccc(F)c1[Si](C)(C)C. The second-order valence-electron chi connectivity index (χ2n) is 5.51. The van der Waals surface area contributed by atoms with Crippen LogP contribution >= 0.6 is 0 Å². The Labute approximate surface area is 114 Å². The first-order valence-electron chi connectivity index (χ1n) is 6.51. The number of hydrogen-bond acceptors (Lipinski definition) is 1. The van der Waals surface area contributed by atoms with Gasteiger partial charge in [0.25, 0.3) is 5.91 Å². The van der Waals surface area contributed by atoms with E-state index in [0.717, 1.165) is 12.1 Å². The summed E-state index contributed by atoms with van der Waals surface area (Å²) >= 11 is 0. The van der Waals surface area contributed by atoms with Crippen LogP contribution < -0.4 is 5.19 Å². The number of carbonyl (C=O) groups is 1. The summed E-state index contributed by atoms with van der Waals surface area (Å²) in [7, 11) is -2.15. The first-order valence-corrected chi connectivity index (χ1v) is 10.0. The minimum Gasteiger partial charge on any atom is -0.339 e. The van der Waals surface area contributed by atoms with Crippen molar-refractivity contribution < 1.29 is 13.6 Å². The standard InChI is InChI=1S/C14H21F2NOSi/c1-6-17(7-2)14(18)12-10(15)8-9-11(16)13(12)19(3,4)5/h8-9H,6-7H2,1-5H3. The van der Waals surface area contributed by atoms with E-state index in [1.807, 2.05) is 33.5 Å². The molecule has 0 aliphatic heterocycles. The molecule has 1 amide bonds. The fourth-order valence-corrected chi connectivity index (χ4v) is 3.94. The first kappa shape index (κ1) is 15.8. The topological polar surface area (TPSA) is 20.3 Å². The van der Waals surface area contributed by atoms with Gasteiger partial charge in [-0.3, -0.25) is 4.79 Å². The molecular formula is C14H21F2NOSi. The fourth-order valence-electron chi connectivity index (χ4n) is 2.16. The highest BCUT2D eigenvalue weighted by atomic mass is 28.3. The first-order chi connectivity index (χ1) is 8.73. The zero-order valence-electron chi connectivity index (χ0n) is 12.2. The van der Waals surface area contributed by atoms with E-state index >= 15 is 0 Å². The number of carbonyl (C=O) groups excluding carboxylic acids is 1. The maximum Gasteiger partial charge on any atom is 0.256 e. The summed E-state index contributed by atoms with van der Waals surface area (Å²) in [4.78, 5) is 13.9. The van der Waals surface area contributed by atoms with E-state index in [-0.39, 0.29) is 10.8 Å². The Hall–Kier alpha value is -1.23. The number of halogens is 2. The average molecular weight is 285 g/mol. The Bertz CT molecular complexity index is 479. The molecule has 0 aromatic heterocycles. The van der Waals surface area contributed by atoms with Gasteiger partial charge in [0, 0.05) is 13.1 Å². The molecule has 0 aliphatic carbocycles. The Morgan fingerprint density at radius 1 is 1.11 bits per heavy atom. The third kappa shape index (κ3) is 3.21. The molecule has 1 rings (SSSR count). The van der Waals surface area contributed by atoms with E-state index in [1.54, 1.807) is 0 Å². The van der Waals surface area contributed by atoms with Gasteiger partial charge in [0.05, 0.1) is 13.6 Å². The van der Waals surface area contributed by atoms with Gasteiger partial charge in [0.1, 0.15) is 11.6 Å². The Morgan fingerprint density at radius 3 is 2.00 bits per heavy atom. The zero-order chi connectivity index (χ0) is 14.8. The number of rotatable bonds is 4. The summed E-state index contributed by atoms with van der Waals surface area (Å²) in [5.74, 6) is -1.52. The number of benzene rings is 1. The molecule has 0 bridgehead atoms. The van der Waals surface area contributed by atoms with Gasteiger partial charge in [-0.1, -0.05) is 19.6 Å². The number of nitrogens with zero attached hydrogens (tertiary/aromatic N) is 1. The second kappa shape index (κ2) is 5.82. The molecule has 2 nitrogen and oxygen atoms in total. The summed E-state index contributed by atoms with van der Waals surface area (Å²) < 4.78 is 28.1. The van der Waals surface area contributed by atoms with Crippen LogP contribution in [0.1, 0.15) is 24.2 Å². The van der Waals surface area contributed by atoms with Crippen LogP contribution in [-0.2, 0) is 0 Å². The normalized spacial score (nSPS) is 11.5. The van der Waals surface area contributed by atoms with E-state index in [0.29, 0.717) is 13.1 Å². The number of amides is 1. The van der Waals surface area contributed by atoms with Crippen molar-refractivity contribution in [2.75, 3.05) is 13.1 Å². The molecule has 0 spiro atoms. The van der Waals surface area contributed by atoms with Crippen LogP contribution in [0.2, 0.25) is 19.6 Å². The molecule has 5 heteroatoms. The van der Waals surface area contributed by atoms with Gasteiger partial charge in [0.15, 0.2) is 0 Å². The van der Waals surface area contributed by atoms with Crippen molar-refractivity contribution in [2.45, 2.75) is 33.5 Å². The molecule has 106 valence electrons. The van der Waals surface area contributed by atoms with Gasteiger partial charge in [-0.05, 0) is 31.2 Å². The predicted molar refractivity (Wildman–Crippen MR) is 76.6 cm³/mol. The predicted octanol–water partition coefficient (Wildman–Crippen LogP) is 2.99. The van der Waals surface area contributed by atoms with Crippen LogP contribution in [-0.4, -0.2) is 32.0 Å². The molecule has 0 saturated carbocycles. The van der Waals surface area contributed by atoms with Crippen LogP contribution in [0, 0.1) is 11.6 Å². The maximum atomic E-state index is 14.1. The maximum absolute atomic E-state index is 14.1. The highest BCUT2D eigenvalue weighted by Crippen LogP contribution is 2.16. The Kier molecular flexibility index (Phi) is 4.84. The van der Waals surface area contributed by atoms with E-state index in [1.165, 1.54) is 4.90 Å². The molecule has 0 heterocycles. The lowest BCUT2D eigenvalue weighted by Crippen LogP contribution is -2.47. The van der Waals surface area contributed by atoms with E-state index < -0.39 is 25.6 Å². The quantitative estimate of drug-likeness (QED) is 0.779. The number of hydrogen-bond donors (Lipinski definition) is 0. The van der Waals surface area contributed by atoms with E-state index in [9.17, 15) is 13.6 Å². The van der Waals surface area contributed by atoms with Gasteiger partial charge in [0.2, 0.25) is 0 Å². The molecule has 1 aromatic carbocycles. The zero-order valence-corrected chi connectivity index (χ0v) is 13.2. The van der Waals surface area contributed by atoms with Gasteiger partial charge < -0.3 is 4.90 Å². The van der Waals surface area contributed by atoms with Crippen LogP contribution in [0.5, 0.6) is 0 Å². The van der Waals surface area contributed by atoms with Gasteiger partial charge in [-0.15, -0.1) is 0 Å². The molecule has 0 atom stereocenters. The van der Waals surface area contributed by atoms with Gasteiger partial charge >= 0.3 is 0 Å². The molecule has 0 N–H and O–H groups in total. The summed E-state index contributed by atoms with van der Waals surface area (Å²) in [6, 6.07) is 2.15. The van der Waals surface area contributed by atoms with E-state index in [4.69, 9.17) is 0 Å². The third-order valence-electron chi connectivity index (χ3n) is 3.12. The van der Waals surface area contributed by atoms with Crippen LogP contribution in [0.4, 0.5) is 8.78 Å². The van der Waals surface area contributed by atoms with Crippen molar-refractivity contribution >= 4 is 19.2 Å². The van der Waals surface area contributed by atoms with Crippen molar-refractivity contribution in [1.29, 1.82) is 0 Å². The summed E-state index contributed by atoms with van der Waals surface area (Å²) in [5, 5.41) is 0.282. The van der Waals surface area contributed by atoms with Crippen molar-refractivity contribution in [1.82, 2.24) is 4.90 Å². The molecule has 0 fully saturated rings. The fraction of sp³-hybridized carbons (Fsp3) is 0.500. The van der Waals surface area contributed by atoms with Crippen molar-refractivity contribution in [3.05, 3.63) is 29.3 Å². The van der Waals surface area contributed by atoms with Crippen LogP contribution in [0.15, 0.2) is 12.1 Å². The second-order valence-corrected chi connectivity index (χ2v) is 10.5. The highest BCUT2D eigenvalue weighted by molar-refractivity contribution is 6.89. The molecule has 0 aliphatic rings.